The highest BCUT2D eigenvalue weighted by Gasteiger charge is 2.38. The maximum atomic E-state index is 10.6. The van der Waals surface area contributed by atoms with Crippen LogP contribution in [0.5, 0.6) is 5.75 Å². The summed E-state index contributed by atoms with van der Waals surface area (Å²) in [6, 6.07) is 9.38. The monoisotopic (exact) mass is 513 g/mol. The van der Waals surface area contributed by atoms with Gasteiger partial charge in [-0.3, -0.25) is 4.90 Å². The summed E-state index contributed by atoms with van der Waals surface area (Å²) in [6.07, 6.45) is 7.54. The Bertz CT molecular complexity index is 756. The van der Waals surface area contributed by atoms with E-state index in [9.17, 15) is 13.2 Å². The van der Waals surface area contributed by atoms with Crippen molar-refractivity contribution in [3.05, 3.63) is 29.8 Å². The molecule has 1 aliphatic carbocycles. The van der Waals surface area contributed by atoms with Crippen LogP contribution in [0.3, 0.4) is 0 Å². The Morgan fingerprint density at radius 1 is 0.917 bits per heavy atom. The minimum atomic E-state index is -5.08. The van der Waals surface area contributed by atoms with E-state index < -0.39 is 12.1 Å². The highest BCUT2D eigenvalue weighted by Crippen LogP contribution is 2.25. The number of aliphatic carboxylic acids is 1. The van der Waals surface area contributed by atoms with Crippen LogP contribution < -0.4 is 10.1 Å². The van der Waals surface area contributed by atoms with E-state index in [0.717, 1.165) is 31.4 Å². The van der Waals surface area contributed by atoms with Crippen LogP contribution in [0.4, 0.5) is 13.2 Å². The van der Waals surface area contributed by atoms with E-state index in [4.69, 9.17) is 14.6 Å². The zero-order chi connectivity index (χ0) is 25.8. The first-order valence-corrected chi connectivity index (χ1v) is 13.5. The summed E-state index contributed by atoms with van der Waals surface area (Å²) < 4.78 is 37.7. The number of carboxylic acid groups (broad SMARTS) is 1. The van der Waals surface area contributed by atoms with Gasteiger partial charge in [-0.1, -0.05) is 31.4 Å². The smallest absolute Gasteiger partial charge is 0.490 e. The molecule has 4 rings (SSSR count). The molecule has 0 radical (unpaired) electrons. The number of carboxylic acids is 1. The van der Waals surface area contributed by atoms with Crippen molar-refractivity contribution in [1.82, 2.24) is 15.1 Å². The summed E-state index contributed by atoms with van der Waals surface area (Å²) >= 11 is 0. The third kappa shape index (κ3) is 10.6. The van der Waals surface area contributed by atoms with Crippen molar-refractivity contribution in [3.8, 4) is 5.75 Å². The maximum Gasteiger partial charge on any atom is 0.490 e. The predicted molar refractivity (Wildman–Crippen MR) is 134 cm³/mol. The highest BCUT2D eigenvalue weighted by atomic mass is 19.4. The van der Waals surface area contributed by atoms with Crippen molar-refractivity contribution >= 4 is 5.97 Å². The molecule has 1 saturated carbocycles. The Morgan fingerprint density at radius 2 is 1.53 bits per heavy atom. The lowest BCUT2D eigenvalue weighted by molar-refractivity contribution is -0.192. The Kier molecular flexibility index (Phi) is 11.8. The summed E-state index contributed by atoms with van der Waals surface area (Å²) in [7, 11) is 0. The molecule has 2 saturated heterocycles. The van der Waals surface area contributed by atoms with Crippen LogP contribution in [0.15, 0.2) is 24.3 Å². The fraction of sp³-hybridized carbons (Fsp3) is 0.741. The van der Waals surface area contributed by atoms with Crippen molar-refractivity contribution in [2.75, 3.05) is 45.9 Å². The molecule has 1 aromatic rings. The third-order valence-electron chi connectivity index (χ3n) is 7.46. The van der Waals surface area contributed by atoms with E-state index in [1.54, 1.807) is 0 Å². The quantitative estimate of drug-likeness (QED) is 0.488. The Morgan fingerprint density at radius 3 is 2.11 bits per heavy atom. The third-order valence-corrected chi connectivity index (χ3v) is 7.46. The number of carbonyl (C=O) groups is 1. The van der Waals surface area contributed by atoms with Gasteiger partial charge in [0.1, 0.15) is 12.4 Å². The molecule has 204 valence electrons. The van der Waals surface area contributed by atoms with Crippen LogP contribution >= 0.6 is 0 Å². The van der Waals surface area contributed by atoms with Crippen molar-refractivity contribution in [2.45, 2.75) is 76.6 Å². The molecule has 2 N–H and O–H groups in total. The average Bonchev–Trinajstić information content (AvgIpc) is 3.38. The molecule has 9 heteroatoms. The zero-order valence-electron chi connectivity index (χ0n) is 21.3. The first kappa shape index (κ1) is 28.7. The lowest BCUT2D eigenvalue weighted by Crippen LogP contribution is -2.44. The molecule has 0 bridgehead atoms. The first-order valence-electron chi connectivity index (χ1n) is 13.5. The number of ether oxygens (including phenoxy) is 1. The number of rotatable bonds is 9. The second kappa shape index (κ2) is 14.8. The number of hydrogen-bond acceptors (Lipinski definition) is 5. The van der Waals surface area contributed by atoms with Gasteiger partial charge in [-0.05, 0) is 88.3 Å². The summed E-state index contributed by atoms with van der Waals surface area (Å²) in [5.74, 6) is -0.777. The van der Waals surface area contributed by atoms with E-state index in [1.807, 2.05) is 0 Å². The summed E-state index contributed by atoms with van der Waals surface area (Å²) in [5.41, 5.74) is 1.36. The van der Waals surface area contributed by atoms with Gasteiger partial charge in [0.2, 0.25) is 0 Å². The van der Waals surface area contributed by atoms with Gasteiger partial charge in [0.25, 0.3) is 0 Å². The number of benzene rings is 1. The Hall–Kier alpha value is -1.84. The number of hydrogen-bond donors (Lipinski definition) is 2. The van der Waals surface area contributed by atoms with E-state index >= 15 is 0 Å². The molecule has 2 aliphatic heterocycles. The van der Waals surface area contributed by atoms with Crippen molar-refractivity contribution in [3.63, 3.8) is 0 Å². The Balaban J connectivity index is 0.000000454. The number of likely N-dealkylation sites (tertiary alicyclic amines) is 2. The predicted octanol–water partition coefficient (Wildman–Crippen LogP) is 4.93. The molecule has 0 aromatic heterocycles. The maximum absolute atomic E-state index is 10.6. The fourth-order valence-corrected chi connectivity index (χ4v) is 5.32. The summed E-state index contributed by atoms with van der Waals surface area (Å²) in [4.78, 5) is 14.1. The van der Waals surface area contributed by atoms with E-state index in [2.05, 4.69) is 39.4 Å². The highest BCUT2D eigenvalue weighted by molar-refractivity contribution is 5.73. The van der Waals surface area contributed by atoms with Crippen molar-refractivity contribution in [2.24, 2.45) is 5.92 Å². The first-order chi connectivity index (χ1) is 17.3. The molecule has 36 heavy (non-hydrogen) atoms. The molecule has 0 atom stereocenters. The van der Waals surface area contributed by atoms with Crippen molar-refractivity contribution in [1.29, 1.82) is 0 Å². The van der Waals surface area contributed by atoms with Crippen LogP contribution in [-0.4, -0.2) is 79.0 Å². The minimum Gasteiger partial charge on any atom is -0.492 e. The number of halogens is 3. The SMILES string of the molecule is O=C(O)C(F)(F)F.c1cc(OCCN2CCCC2)ccc1CNC1CCN(CC2CCCCC2)CC1. The lowest BCUT2D eigenvalue weighted by Gasteiger charge is -2.35. The second-order valence-electron chi connectivity index (χ2n) is 10.3. The molecule has 2 heterocycles. The Labute approximate surface area is 213 Å². The molecule has 3 aliphatic rings. The van der Waals surface area contributed by atoms with E-state index in [-0.39, 0.29) is 0 Å². The lowest BCUT2D eigenvalue weighted by atomic mass is 9.88. The van der Waals surface area contributed by atoms with Gasteiger partial charge in [-0.25, -0.2) is 4.79 Å². The summed E-state index contributed by atoms with van der Waals surface area (Å²) in [6.45, 7) is 9.23. The molecular formula is C27H42F3N3O3. The molecular weight excluding hydrogens is 471 g/mol. The van der Waals surface area contributed by atoms with Gasteiger partial charge in [0, 0.05) is 25.7 Å². The van der Waals surface area contributed by atoms with Gasteiger partial charge < -0.3 is 20.1 Å². The van der Waals surface area contributed by atoms with Crippen molar-refractivity contribution < 1.29 is 27.8 Å². The molecule has 0 amide bonds. The molecule has 0 unspecified atom stereocenters. The standard InChI is InChI=1S/C25H41N3O.C2HF3O2/c1-2-6-23(7-3-1)21-28-16-12-24(13-17-28)26-20-22-8-10-25(11-9-22)29-19-18-27-14-4-5-15-27;3-2(4,5)1(6)7/h8-11,23-24,26H,1-7,12-21H2;(H,6,7). The van der Waals surface area contributed by atoms with E-state index in [1.165, 1.54) is 96.1 Å². The van der Waals surface area contributed by atoms with Gasteiger partial charge in [-0.15, -0.1) is 0 Å². The topological polar surface area (TPSA) is 65.0 Å². The van der Waals surface area contributed by atoms with Crippen LogP contribution in [0.25, 0.3) is 0 Å². The number of nitrogens with one attached hydrogen (secondary N) is 1. The molecule has 0 spiro atoms. The molecule has 1 aromatic carbocycles. The average molecular weight is 514 g/mol. The van der Waals surface area contributed by atoms with Gasteiger partial charge in [-0.2, -0.15) is 13.2 Å². The molecule has 3 fully saturated rings. The second-order valence-corrected chi connectivity index (χ2v) is 10.3. The van der Waals surface area contributed by atoms with Crippen LogP contribution in [-0.2, 0) is 11.3 Å². The molecule has 6 nitrogen and oxygen atoms in total. The van der Waals surface area contributed by atoms with Crippen LogP contribution in [0.2, 0.25) is 0 Å². The number of piperidine rings is 1. The van der Waals surface area contributed by atoms with Gasteiger partial charge in [0.15, 0.2) is 0 Å². The zero-order valence-corrected chi connectivity index (χ0v) is 21.3. The van der Waals surface area contributed by atoms with Gasteiger partial charge in [0.05, 0.1) is 0 Å². The normalized spacial score (nSPS) is 20.6. The largest absolute Gasteiger partial charge is 0.492 e. The number of alkyl halides is 3. The summed E-state index contributed by atoms with van der Waals surface area (Å²) in [5, 5.41) is 10.9. The minimum absolute atomic E-state index is 0.675. The number of nitrogens with zero attached hydrogens (tertiary/aromatic N) is 2. The van der Waals surface area contributed by atoms with Gasteiger partial charge >= 0.3 is 12.1 Å². The van der Waals surface area contributed by atoms with Crippen LogP contribution in [0.1, 0.15) is 63.4 Å². The van der Waals surface area contributed by atoms with Crippen LogP contribution in [0, 0.1) is 5.92 Å². The van der Waals surface area contributed by atoms with E-state index in [0.29, 0.717) is 6.04 Å². The fourth-order valence-electron chi connectivity index (χ4n) is 5.32.